The molecule has 0 aliphatic rings. The zero-order chi connectivity index (χ0) is 17.6. The van der Waals surface area contributed by atoms with Gasteiger partial charge >= 0.3 is 0 Å². The van der Waals surface area contributed by atoms with Crippen molar-refractivity contribution in [3.05, 3.63) is 65.4 Å². The van der Waals surface area contributed by atoms with Crippen LogP contribution in [0.3, 0.4) is 0 Å². The summed E-state index contributed by atoms with van der Waals surface area (Å²) in [7, 11) is 3.31. The molecule has 0 atom stereocenters. The Balaban J connectivity index is 1.70. The van der Waals surface area contributed by atoms with Gasteiger partial charge in [0.2, 0.25) is 0 Å². The molecule has 0 amide bonds. The number of nitrogens with one attached hydrogen (secondary N) is 2. The van der Waals surface area contributed by atoms with E-state index in [0.29, 0.717) is 13.1 Å². The van der Waals surface area contributed by atoms with Gasteiger partial charge in [0.15, 0.2) is 11.5 Å². The van der Waals surface area contributed by atoms with Crippen LogP contribution in [0.5, 0.6) is 11.5 Å². The number of nitrogens with zero attached hydrogens (tertiary/aromatic N) is 1. The predicted molar refractivity (Wildman–Crippen MR) is 98.9 cm³/mol. The number of methoxy groups -OCH3 is 2. The fourth-order valence-electron chi connectivity index (χ4n) is 2.84. The number of ether oxygens (including phenoxy) is 2. The Labute approximate surface area is 148 Å². The van der Waals surface area contributed by atoms with Crippen LogP contribution in [0.4, 0.5) is 0 Å². The maximum absolute atomic E-state index is 5.48. The van der Waals surface area contributed by atoms with Gasteiger partial charge in [-0.05, 0) is 18.6 Å². The van der Waals surface area contributed by atoms with Gasteiger partial charge in [0.05, 0.1) is 26.1 Å². The molecule has 0 aliphatic heterocycles. The maximum atomic E-state index is 5.48. The van der Waals surface area contributed by atoms with E-state index in [1.165, 1.54) is 5.56 Å². The lowest BCUT2D eigenvalue weighted by molar-refractivity contribution is 0.350. The molecule has 5 heteroatoms. The Morgan fingerprint density at radius 3 is 2.44 bits per heavy atom. The van der Waals surface area contributed by atoms with Gasteiger partial charge in [0.1, 0.15) is 0 Å². The van der Waals surface area contributed by atoms with E-state index in [-0.39, 0.29) is 0 Å². The topological polar surface area (TPSA) is 59.2 Å². The highest BCUT2D eigenvalue weighted by molar-refractivity contribution is 5.62. The van der Waals surface area contributed by atoms with Crippen LogP contribution in [-0.4, -0.2) is 24.4 Å². The molecule has 1 heterocycles. The second kappa shape index (κ2) is 7.85. The summed E-state index contributed by atoms with van der Waals surface area (Å²) < 4.78 is 10.8. The molecular weight excluding hydrogens is 314 g/mol. The number of hydrogen-bond donors (Lipinski definition) is 2. The highest BCUT2D eigenvalue weighted by Crippen LogP contribution is 2.30. The molecule has 130 valence electrons. The Kier molecular flexibility index (Phi) is 5.36. The van der Waals surface area contributed by atoms with Crippen LogP contribution in [0.15, 0.2) is 48.7 Å². The Morgan fingerprint density at radius 2 is 1.72 bits per heavy atom. The van der Waals surface area contributed by atoms with Crippen LogP contribution in [0.2, 0.25) is 0 Å². The average Bonchev–Trinajstić information content (AvgIpc) is 3.10. The summed E-state index contributed by atoms with van der Waals surface area (Å²) in [5, 5.41) is 10.8. The van der Waals surface area contributed by atoms with Gasteiger partial charge in [0, 0.05) is 24.2 Å². The van der Waals surface area contributed by atoms with Crippen molar-refractivity contribution >= 4 is 0 Å². The van der Waals surface area contributed by atoms with Crippen LogP contribution in [0.25, 0.3) is 11.3 Å². The Hall–Kier alpha value is -2.79. The largest absolute Gasteiger partial charge is 0.493 e. The molecule has 1 aromatic heterocycles. The minimum atomic E-state index is 0.679. The minimum absolute atomic E-state index is 0.679. The van der Waals surface area contributed by atoms with Gasteiger partial charge in [-0.1, -0.05) is 42.0 Å². The number of aryl methyl sites for hydroxylation is 1. The number of rotatable bonds is 7. The van der Waals surface area contributed by atoms with Crippen molar-refractivity contribution in [3.8, 4) is 22.8 Å². The Morgan fingerprint density at radius 1 is 0.960 bits per heavy atom. The molecule has 3 rings (SSSR count). The lowest BCUT2D eigenvalue weighted by atomic mass is 10.1. The summed E-state index contributed by atoms with van der Waals surface area (Å²) in [4.78, 5) is 0. The summed E-state index contributed by atoms with van der Waals surface area (Å²) in [6.07, 6.45) is 1.87. The van der Waals surface area contributed by atoms with E-state index in [9.17, 15) is 0 Å². The maximum Gasteiger partial charge on any atom is 0.165 e. The first kappa shape index (κ1) is 17.0. The molecular formula is C20H23N3O2. The molecule has 0 bridgehead atoms. The number of H-pyrrole nitrogens is 1. The molecule has 2 aromatic carbocycles. The van der Waals surface area contributed by atoms with E-state index in [4.69, 9.17) is 9.47 Å². The van der Waals surface area contributed by atoms with Gasteiger partial charge in [-0.2, -0.15) is 5.10 Å². The summed E-state index contributed by atoms with van der Waals surface area (Å²) in [5.74, 6) is 1.51. The average molecular weight is 337 g/mol. The number of hydrogen-bond acceptors (Lipinski definition) is 4. The van der Waals surface area contributed by atoms with E-state index in [1.54, 1.807) is 14.2 Å². The first-order valence-corrected chi connectivity index (χ1v) is 8.22. The van der Waals surface area contributed by atoms with Crippen LogP contribution >= 0.6 is 0 Å². The molecule has 25 heavy (non-hydrogen) atoms. The normalized spacial score (nSPS) is 10.7. The molecule has 3 aromatic rings. The molecule has 0 fully saturated rings. The summed E-state index contributed by atoms with van der Waals surface area (Å²) in [6.45, 7) is 3.47. The highest BCUT2D eigenvalue weighted by Gasteiger charge is 2.11. The fraction of sp³-hybridized carbons (Fsp3) is 0.250. The number of benzene rings is 2. The molecule has 0 radical (unpaired) electrons. The first-order chi connectivity index (χ1) is 12.2. The van der Waals surface area contributed by atoms with E-state index in [1.807, 2.05) is 24.4 Å². The van der Waals surface area contributed by atoms with Crippen molar-refractivity contribution in [3.63, 3.8) is 0 Å². The van der Waals surface area contributed by atoms with Gasteiger partial charge < -0.3 is 14.8 Å². The summed E-state index contributed by atoms with van der Waals surface area (Å²) in [5.41, 5.74) is 5.62. The minimum Gasteiger partial charge on any atom is -0.493 e. The van der Waals surface area contributed by atoms with E-state index >= 15 is 0 Å². The van der Waals surface area contributed by atoms with Crippen molar-refractivity contribution < 1.29 is 9.47 Å². The SMILES string of the molecule is COc1cccc(CNCc2cn[nH]c2-c2ccc(C)cc2)c1OC. The standard InChI is InChI=1S/C20H23N3O2/c1-14-7-9-15(10-8-14)19-17(13-22-23-19)12-21-11-16-5-4-6-18(24-2)20(16)25-3/h4-10,13,21H,11-12H2,1-3H3,(H,22,23). The summed E-state index contributed by atoms with van der Waals surface area (Å²) in [6, 6.07) is 14.3. The van der Waals surface area contributed by atoms with Crippen molar-refractivity contribution in [2.45, 2.75) is 20.0 Å². The third-order valence-electron chi connectivity index (χ3n) is 4.17. The Bertz CT molecular complexity index is 825. The molecule has 0 saturated heterocycles. The van der Waals surface area contributed by atoms with Crippen molar-refractivity contribution in [1.29, 1.82) is 0 Å². The quantitative estimate of drug-likeness (QED) is 0.690. The zero-order valence-corrected chi connectivity index (χ0v) is 14.8. The van der Waals surface area contributed by atoms with Crippen LogP contribution in [-0.2, 0) is 13.1 Å². The van der Waals surface area contributed by atoms with Crippen LogP contribution in [0, 0.1) is 6.92 Å². The first-order valence-electron chi connectivity index (χ1n) is 8.22. The third-order valence-corrected chi connectivity index (χ3v) is 4.17. The van der Waals surface area contributed by atoms with Gasteiger partial charge in [-0.15, -0.1) is 0 Å². The predicted octanol–water partition coefficient (Wildman–Crippen LogP) is 3.69. The molecule has 0 unspecified atom stereocenters. The molecule has 5 nitrogen and oxygen atoms in total. The van der Waals surface area contributed by atoms with Crippen molar-refractivity contribution in [2.24, 2.45) is 0 Å². The monoisotopic (exact) mass is 337 g/mol. The molecule has 0 aliphatic carbocycles. The molecule has 0 spiro atoms. The van der Waals surface area contributed by atoms with Crippen molar-refractivity contribution in [2.75, 3.05) is 14.2 Å². The number of aromatic amines is 1. The van der Waals surface area contributed by atoms with E-state index in [0.717, 1.165) is 33.9 Å². The second-order valence-electron chi connectivity index (χ2n) is 5.89. The molecule has 0 saturated carbocycles. The lowest BCUT2D eigenvalue weighted by Crippen LogP contribution is -2.13. The smallest absolute Gasteiger partial charge is 0.165 e. The van der Waals surface area contributed by atoms with Gasteiger partial charge in [-0.3, -0.25) is 5.10 Å². The number of aromatic nitrogens is 2. The second-order valence-corrected chi connectivity index (χ2v) is 5.89. The molecule has 2 N–H and O–H groups in total. The van der Waals surface area contributed by atoms with Gasteiger partial charge in [0.25, 0.3) is 0 Å². The third kappa shape index (κ3) is 3.83. The zero-order valence-electron chi connectivity index (χ0n) is 14.8. The number of para-hydroxylation sites is 1. The van der Waals surface area contributed by atoms with Crippen LogP contribution < -0.4 is 14.8 Å². The van der Waals surface area contributed by atoms with E-state index < -0.39 is 0 Å². The van der Waals surface area contributed by atoms with Crippen molar-refractivity contribution in [1.82, 2.24) is 15.5 Å². The van der Waals surface area contributed by atoms with Gasteiger partial charge in [-0.25, -0.2) is 0 Å². The summed E-state index contributed by atoms with van der Waals surface area (Å²) >= 11 is 0. The highest BCUT2D eigenvalue weighted by atomic mass is 16.5. The van der Waals surface area contributed by atoms with E-state index in [2.05, 4.69) is 46.7 Å². The fourth-order valence-corrected chi connectivity index (χ4v) is 2.84. The lowest BCUT2D eigenvalue weighted by Gasteiger charge is -2.13. The van der Waals surface area contributed by atoms with Crippen LogP contribution in [0.1, 0.15) is 16.7 Å².